The number of hydrogen-bond donors (Lipinski definition) is 2. The topological polar surface area (TPSA) is 47.6 Å². The quantitative estimate of drug-likeness (QED) is 0.705. The van der Waals surface area contributed by atoms with Gasteiger partial charge < -0.3 is 10.2 Å². The van der Waals surface area contributed by atoms with Gasteiger partial charge in [0.05, 0.1) is 0 Å². The van der Waals surface area contributed by atoms with Gasteiger partial charge in [-0.15, -0.1) is 0 Å². The number of amides is 1. The van der Waals surface area contributed by atoms with E-state index >= 15 is 0 Å². The van der Waals surface area contributed by atoms with Crippen molar-refractivity contribution in [1.82, 2.24) is 20.7 Å². The van der Waals surface area contributed by atoms with Crippen molar-refractivity contribution in [2.45, 2.75) is 19.3 Å². The van der Waals surface area contributed by atoms with E-state index in [0.29, 0.717) is 5.41 Å². The van der Waals surface area contributed by atoms with Crippen LogP contribution in [0.25, 0.3) is 0 Å². The summed E-state index contributed by atoms with van der Waals surface area (Å²) in [5.74, 6) is 0.542. The Kier molecular flexibility index (Phi) is 3.30. The smallest absolute Gasteiger partial charge is 0.237 e. The van der Waals surface area contributed by atoms with Gasteiger partial charge in [-0.3, -0.25) is 10.2 Å². The van der Waals surface area contributed by atoms with Crippen LogP contribution in [-0.4, -0.2) is 62.1 Å². The number of likely N-dealkylation sites (N-methyl/N-ethyl adjacent to an activating group) is 1. The molecule has 1 atom stereocenters. The SMILES string of the molecule is CN1CCN(NC(=O)C2CC23CCNCC3)CC1. The average Bonchev–Trinajstić information content (AvgIpc) is 3.07. The van der Waals surface area contributed by atoms with Crippen LogP contribution in [0.15, 0.2) is 0 Å². The number of piperidine rings is 1. The zero-order chi connectivity index (χ0) is 12.6. The summed E-state index contributed by atoms with van der Waals surface area (Å²) in [6.45, 7) is 6.14. The zero-order valence-corrected chi connectivity index (χ0v) is 11.2. The lowest BCUT2D eigenvalue weighted by atomic mass is 9.92. The van der Waals surface area contributed by atoms with Gasteiger partial charge in [0.2, 0.25) is 5.91 Å². The number of nitrogens with zero attached hydrogens (tertiary/aromatic N) is 2. The molecular formula is C13H24N4O. The number of hydrogen-bond acceptors (Lipinski definition) is 4. The molecule has 0 aromatic heterocycles. The molecule has 3 rings (SSSR count). The Bertz CT molecular complexity index is 319. The summed E-state index contributed by atoms with van der Waals surface area (Å²) in [6, 6.07) is 0. The molecule has 1 spiro atoms. The molecule has 5 heteroatoms. The molecule has 3 fully saturated rings. The Hall–Kier alpha value is -0.650. The standard InChI is InChI=1S/C13H24N4O/c1-16-6-8-17(9-7-16)15-12(18)11-10-13(11)2-4-14-5-3-13/h11,14H,2-10H2,1H3,(H,15,18). The third kappa shape index (κ3) is 2.39. The van der Waals surface area contributed by atoms with E-state index in [-0.39, 0.29) is 11.8 Å². The molecule has 2 saturated heterocycles. The van der Waals surface area contributed by atoms with Gasteiger partial charge >= 0.3 is 0 Å². The van der Waals surface area contributed by atoms with Crippen LogP contribution in [0.4, 0.5) is 0 Å². The van der Waals surface area contributed by atoms with Gasteiger partial charge in [0.25, 0.3) is 0 Å². The largest absolute Gasteiger partial charge is 0.317 e. The molecular weight excluding hydrogens is 228 g/mol. The van der Waals surface area contributed by atoms with Gasteiger partial charge in [0.15, 0.2) is 0 Å². The van der Waals surface area contributed by atoms with Crippen LogP contribution in [-0.2, 0) is 4.79 Å². The summed E-state index contributed by atoms with van der Waals surface area (Å²) in [4.78, 5) is 14.5. The first kappa shape index (κ1) is 12.4. The van der Waals surface area contributed by atoms with E-state index < -0.39 is 0 Å². The van der Waals surface area contributed by atoms with E-state index in [1.165, 1.54) is 12.8 Å². The van der Waals surface area contributed by atoms with Crippen molar-refractivity contribution in [2.75, 3.05) is 46.3 Å². The van der Waals surface area contributed by atoms with Crippen molar-refractivity contribution in [3.8, 4) is 0 Å². The van der Waals surface area contributed by atoms with Crippen molar-refractivity contribution >= 4 is 5.91 Å². The van der Waals surface area contributed by atoms with E-state index in [4.69, 9.17) is 0 Å². The third-order valence-electron chi connectivity index (χ3n) is 4.88. The van der Waals surface area contributed by atoms with Gasteiger partial charge in [0.1, 0.15) is 0 Å². The Labute approximate surface area is 109 Å². The molecule has 2 N–H and O–H groups in total. The monoisotopic (exact) mass is 252 g/mol. The summed E-state index contributed by atoms with van der Waals surface area (Å²) in [7, 11) is 2.13. The lowest BCUT2D eigenvalue weighted by molar-refractivity contribution is -0.129. The fourth-order valence-electron chi connectivity index (χ4n) is 3.35. The second-order valence-electron chi connectivity index (χ2n) is 6.14. The van der Waals surface area contributed by atoms with Gasteiger partial charge in [0, 0.05) is 32.1 Å². The second-order valence-corrected chi connectivity index (χ2v) is 6.14. The van der Waals surface area contributed by atoms with E-state index in [0.717, 1.165) is 45.7 Å². The van der Waals surface area contributed by atoms with Crippen LogP contribution in [0.2, 0.25) is 0 Å². The van der Waals surface area contributed by atoms with Crippen LogP contribution in [0.1, 0.15) is 19.3 Å². The highest BCUT2D eigenvalue weighted by atomic mass is 16.2. The number of piperazine rings is 1. The minimum absolute atomic E-state index is 0.265. The minimum Gasteiger partial charge on any atom is -0.317 e. The van der Waals surface area contributed by atoms with Crippen LogP contribution < -0.4 is 10.7 Å². The Morgan fingerprint density at radius 2 is 1.89 bits per heavy atom. The predicted octanol–water partition coefficient (Wildman–Crippen LogP) is -0.345. The van der Waals surface area contributed by atoms with Crippen LogP contribution in [0.5, 0.6) is 0 Å². The maximum absolute atomic E-state index is 12.2. The van der Waals surface area contributed by atoms with Crippen molar-refractivity contribution in [1.29, 1.82) is 0 Å². The maximum Gasteiger partial charge on any atom is 0.237 e. The van der Waals surface area contributed by atoms with Gasteiger partial charge in [-0.1, -0.05) is 0 Å². The molecule has 18 heavy (non-hydrogen) atoms. The minimum atomic E-state index is 0.265. The number of rotatable bonds is 2. The normalized spacial score (nSPS) is 32.4. The van der Waals surface area contributed by atoms with Gasteiger partial charge in [-0.25, -0.2) is 5.01 Å². The van der Waals surface area contributed by atoms with Gasteiger partial charge in [-0.05, 0) is 44.8 Å². The van der Waals surface area contributed by atoms with Crippen molar-refractivity contribution in [2.24, 2.45) is 11.3 Å². The number of carbonyl (C=O) groups excluding carboxylic acids is 1. The highest BCUT2D eigenvalue weighted by Gasteiger charge is 2.57. The summed E-state index contributed by atoms with van der Waals surface area (Å²) in [5, 5.41) is 5.47. The van der Waals surface area contributed by atoms with E-state index in [2.05, 4.69) is 27.7 Å². The van der Waals surface area contributed by atoms with Gasteiger partial charge in [-0.2, -0.15) is 0 Å². The van der Waals surface area contributed by atoms with Crippen LogP contribution >= 0.6 is 0 Å². The summed E-state index contributed by atoms with van der Waals surface area (Å²) >= 11 is 0. The summed E-state index contributed by atoms with van der Waals surface area (Å²) in [5.41, 5.74) is 3.47. The fourth-order valence-corrected chi connectivity index (χ4v) is 3.35. The van der Waals surface area contributed by atoms with Crippen molar-refractivity contribution < 1.29 is 4.79 Å². The molecule has 3 aliphatic rings. The molecule has 1 unspecified atom stereocenters. The molecule has 1 saturated carbocycles. The highest BCUT2D eigenvalue weighted by Crippen LogP contribution is 2.58. The van der Waals surface area contributed by atoms with E-state index in [9.17, 15) is 4.79 Å². The molecule has 0 bridgehead atoms. The molecule has 0 aromatic rings. The maximum atomic E-state index is 12.2. The lowest BCUT2D eigenvalue weighted by Crippen LogP contribution is -2.53. The average molecular weight is 252 g/mol. The fraction of sp³-hybridized carbons (Fsp3) is 0.923. The summed E-state index contributed by atoms with van der Waals surface area (Å²) < 4.78 is 0. The zero-order valence-electron chi connectivity index (χ0n) is 11.2. The van der Waals surface area contributed by atoms with E-state index in [1.807, 2.05) is 0 Å². The summed E-state index contributed by atoms with van der Waals surface area (Å²) in [6.07, 6.45) is 3.45. The number of nitrogens with one attached hydrogen (secondary N) is 2. The Morgan fingerprint density at radius 1 is 1.22 bits per heavy atom. The molecule has 0 aromatic carbocycles. The molecule has 1 aliphatic carbocycles. The van der Waals surface area contributed by atoms with Crippen LogP contribution in [0.3, 0.4) is 0 Å². The first-order valence-electron chi connectivity index (χ1n) is 7.14. The third-order valence-corrected chi connectivity index (χ3v) is 4.88. The molecule has 102 valence electrons. The predicted molar refractivity (Wildman–Crippen MR) is 69.9 cm³/mol. The molecule has 0 radical (unpaired) electrons. The lowest BCUT2D eigenvalue weighted by Gasteiger charge is -2.32. The Morgan fingerprint density at radius 3 is 2.56 bits per heavy atom. The molecule has 5 nitrogen and oxygen atoms in total. The molecule has 2 heterocycles. The molecule has 1 amide bonds. The first-order chi connectivity index (χ1) is 8.70. The van der Waals surface area contributed by atoms with Crippen molar-refractivity contribution in [3.63, 3.8) is 0 Å². The van der Waals surface area contributed by atoms with Crippen LogP contribution in [0, 0.1) is 11.3 Å². The Balaban J connectivity index is 1.48. The highest BCUT2D eigenvalue weighted by molar-refractivity contribution is 5.82. The van der Waals surface area contributed by atoms with Crippen molar-refractivity contribution in [3.05, 3.63) is 0 Å². The first-order valence-corrected chi connectivity index (χ1v) is 7.14. The second kappa shape index (κ2) is 4.79. The number of hydrazine groups is 1. The molecule has 2 aliphatic heterocycles. The number of carbonyl (C=O) groups is 1. The van der Waals surface area contributed by atoms with E-state index in [1.54, 1.807) is 0 Å².